The van der Waals surface area contributed by atoms with Crippen LogP contribution in [-0.2, 0) is 24.0 Å². The van der Waals surface area contributed by atoms with Crippen molar-refractivity contribution in [3.05, 3.63) is 0 Å². The van der Waals surface area contributed by atoms with Crippen LogP contribution in [0.4, 0.5) is 0 Å². The fourth-order valence-corrected chi connectivity index (χ4v) is 6.59. The molecule has 4 saturated carbocycles. The molecule has 2 saturated heterocycles. The van der Waals surface area contributed by atoms with E-state index in [1.165, 1.54) is 84.1 Å². The van der Waals surface area contributed by atoms with Crippen molar-refractivity contribution in [2.45, 2.75) is 115 Å². The Balaban J connectivity index is 0.000000302. The minimum Gasteiger partial charge on any atom is -0.356 e. The van der Waals surface area contributed by atoms with Crippen molar-refractivity contribution in [1.82, 2.24) is 25.9 Å². The summed E-state index contributed by atoms with van der Waals surface area (Å²) in [6, 6.07) is -0.0358. The topological polar surface area (TPSA) is 148 Å². The summed E-state index contributed by atoms with van der Waals surface area (Å²) in [5, 5.41) is 18.5. The summed E-state index contributed by atoms with van der Waals surface area (Å²) in [5.41, 5.74) is 0.686. The molecule has 0 aromatic rings. The summed E-state index contributed by atoms with van der Waals surface area (Å²) in [7, 11) is 5.11. The monoisotopic (exact) mass is 874 g/mol. The fourth-order valence-electron chi connectivity index (χ4n) is 6.59. The molecule has 11 nitrogen and oxygen atoms in total. The number of nitrogens with one attached hydrogen (secondary N) is 3. The van der Waals surface area contributed by atoms with Crippen LogP contribution >= 0.6 is 0 Å². The molecule has 6 fully saturated rings. The molecule has 0 radical (unpaired) electrons. The van der Waals surface area contributed by atoms with Crippen molar-refractivity contribution in [3.63, 3.8) is 0 Å². The van der Waals surface area contributed by atoms with Crippen LogP contribution in [-0.4, -0.2) is 105 Å². The van der Waals surface area contributed by atoms with Crippen molar-refractivity contribution in [1.29, 1.82) is 0 Å². The van der Waals surface area contributed by atoms with E-state index in [0.29, 0.717) is 41.8 Å². The Kier molecular flexibility index (Phi) is 21.7. The van der Waals surface area contributed by atoms with Crippen molar-refractivity contribution in [2.24, 2.45) is 23.2 Å². The molecule has 0 aromatic heterocycles. The fraction of sp³-hybridized carbons (Fsp3) is 0.853. The minimum absolute atomic E-state index is 0. The van der Waals surface area contributed by atoms with E-state index in [4.69, 9.17) is 0 Å². The number of Topliss-reactive ketones (excluding diaryl/α,β-unsaturated/α-hetero) is 1. The number of likely N-dealkylation sites (tertiary alicyclic amines) is 1. The molecule has 6 aliphatic rings. The smallest absolute Gasteiger partial charge is 0.236 e. The van der Waals surface area contributed by atoms with Gasteiger partial charge in [-0.05, 0) is 83.2 Å². The Morgan fingerprint density at radius 1 is 1.04 bits per heavy atom. The van der Waals surface area contributed by atoms with Gasteiger partial charge < -0.3 is 30.9 Å². The first-order chi connectivity index (χ1) is 21.6. The first kappa shape index (κ1) is 42.9. The summed E-state index contributed by atoms with van der Waals surface area (Å²) >= 11 is 0. The largest absolute Gasteiger partial charge is 0.356 e. The van der Waals surface area contributed by atoms with Crippen LogP contribution < -0.4 is 16.0 Å². The molecule has 2 aliphatic heterocycles. The van der Waals surface area contributed by atoms with E-state index in [2.05, 4.69) is 22.9 Å². The average molecular weight is 874 g/mol. The van der Waals surface area contributed by atoms with Crippen LogP contribution in [0.25, 0.3) is 0 Å². The summed E-state index contributed by atoms with van der Waals surface area (Å²) in [6.45, 7) is 5.14. The molecule has 46 heavy (non-hydrogen) atoms. The molecule has 12 heteroatoms. The molecule has 262 valence electrons. The van der Waals surface area contributed by atoms with Gasteiger partial charge in [0.25, 0.3) is 0 Å². The van der Waals surface area contributed by atoms with Crippen molar-refractivity contribution >= 4 is 30.2 Å². The molecule has 4 N–H and O–H groups in total. The van der Waals surface area contributed by atoms with Gasteiger partial charge in [0.2, 0.25) is 17.6 Å². The second-order valence-electron chi connectivity index (χ2n) is 13.9. The summed E-state index contributed by atoms with van der Waals surface area (Å²) < 4.78 is 0. The Labute approximate surface area is 300 Å². The molecule has 3 unspecified atom stereocenters. The van der Waals surface area contributed by atoms with E-state index >= 15 is 0 Å². The maximum Gasteiger partial charge on any atom is 0.236 e. The predicted octanol–water partition coefficient (Wildman–Crippen LogP) is 3.13. The van der Waals surface area contributed by atoms with E-state index in [0.717, 1.165) is 31.8 Å². The zero-order valence-electron chi connectivity index (χ0n) is 28.9. The minimum atomic E-state index is -0.920. The van der Waals surface area contributed by atoms with Gasteiger partial charge in [-0.15, -0.1) is 0 Å². The number of rotatable bonds is 9. The van der Waals surface area contributed by atoms with E-state index in [-0.39, 0.29) is 61.6 Å². The third-order valence-electron chi connectivity index (χ3n) is 9.90. The number of hydroxylamine groups is 2. The Bertz CT molecular complexity index is 910. The quantitative estimate of drug-likeness (QED) is 0.156. The van der Waals surface area contributed by atoms with E-state index in [9.17, 15) is 29.2 Å². The molecule has 6 rings (SSSR count). The Hall–Kier alpha value is -1.16. The van der Waals surface area contributed by atoms with Gasteiger partial charge in [-0.25, -0.2) is 0 Å². The molecule has 4 aliphatic carbocycles. The molecule has 3 atom stereocenters. The predicted molar refractivity (Wildman–Crippen MR) is 175 cm³/mol. The number of nitrogens with zero attached hydrogens (tertiary/aromatic N) is 2. The molecule has 1 spiro atoms. The zero-order chi connectivity index (χ0) is 33.2. The molecule has 0 bridgehead atoms. The first-order valence-electron chi connectivity index (χ1n) is 17.3. The third kappa shape index (κ3) is 15.8. The van der Waals surface area contributed by atoms with Gasteiger partial charge in [-0.1, -0.05) is 45.4 Å². The molecule has 0 aromatic carbocycles. The van der Waals surface area contributed by atoms with E-state index in [1.807, 2.05) is 11.9 Å². The van der Waals surface area contributed by atoms with E-state index in [1.54, 1.807) is 7.05 Å². The van der Waals surface area contributed by atoms with Gasteiger partial charge in [0.15, 0.2) is 6.29 Å². The number of ketones is 1. The second-order valence-corrected chi connectivity index (χ2v) is 13.9. The van der Waals surface area contributed by atoms with Gasteiger partial charge in [-0.3, -0.25) is 19.2 Å². The number of carbonyl (C=O) groups excluding carboxylic acids is 5. The number of aldehydes is 2. The van der Waals surface area contributed by atoms with Crippen LogP contribution in [0.3, 0.4) is 0 Å². The number of carbonyl (C=O) groups is 5. The van der Waals surface area contributed by atoms with Gasteiger partial charge in [0.05, 0.1) is 6.54 Å². The SMILES string of the molecule is C1CCCC1.CN(O)C(CC1CCNC1=O)C(=O)C=O.CNC1CC1.CNCC(=O)N1CCC(C)C1.O=CC1CC2(CCC2)C1.[U]. The third-order valence-corrected chi connectivity index (χ3v) is 9.90. The molecular weight excluding hydrogens is 812 g/mol. The van der Waals surface area contributed by atoms with Crippen LogP contribution in [0, 0.1) is 54.3 Å². The zero-order valence-corrected chi connectivity index (χ0v) is 33.0. The van der Waals surface area contributed by atoms with Gasteiger partial charge >= 0.3 is 0 Å². The maximum absolute atomic E-state index is 11.3. The van der Waals surface area contributed by atoms with Crippen LogP contribution in [0.2, 0.25) is 0 Å². The van der Waals surface area contributed by atoms with Crippen LogP contribution in [0.5, 0.6) is 0 Å². The van der Waals surface area contributed by atoms with E-state index < -0.39 is 11.8 Å². The van der Waals surface area contributed by atoms with Crippen LogP contribution in [0.15, 0.2) is 0 Å². The van der Waals surface area contributed by atoms with Crippen LogP contribution in [0.1, 0.15) is 103 Å². The molecule has 2 heterocycles. The Morgan fingerprint density at radius 2 is 1.65 bits per heavy atom. The number of amides is 2. The molecule has 2 amide bonds. The average Bonchev–Trinajstić information content (AvgIpc) is 3.31. The Morgan fingerprint density at radius 3 is 1.98 bits per heavy atom. The second kappa shape index (κ2) is 23.2. The standard InChI is InChI=1S/C9H14N2O4.C8H16N2O.C8H12O.C5H10.C4H9N.U/c1-11(15)7(8(13)5-12)4-6-2-3-10-9(6)14;1-7-3-4-10(6-7)8(11)5-9-2;9-6-7-4-8(5-7)2-1-3-8;1-2-4-5-3-1;1-5-4-2-3-4;/h5-7,15H,2-4H2,1H3,(H,10,14);7,9H,3-6H2,1-2H3;6-7H,1-5H2;1-5H2;4-5H,2-3H2,1H3;. The maximum atomic E-state index is 11.3. The van der Waals surface area contributed by atoms with Gasteiger partial charge in [0, 0.05) is 75.7 Å². The number of hydrogen-bond acceptors (Lipinski definition) is 9. The number of hydrogen-bond donors (Lipinski definition) is 4. The summed E-state index contributed by atoms with van der Waals surface area (Å²) in [6.07, 6.45) is 20.2. The van der Waals surface area contributed by atoms with Crippen molar-refractivity contribution in [2.75, 3.05) is 47.3 Å². The van der Waals surface area contributed by atoms with Gasteiger partial charge in [-0.2, -0.15) is 5.06 Å². The summed E-state index contributed by atoms with van der Waals surface area (Å²) in [4.78, 5) is 56.1. The normalized spacial score (nSPS) is 24.4. The van der Waals surface area contributed by atoms with Crippen molar-refractivity contribution in [3.8, 4) is 0 Å². The van der Waals surface area contributed by atoms with Crippen molar-refractivity contribution < 1.29 is 60.3 Å². The van der Waals surface area contributed by atoms with Gasteiger partial charge in [0.1, 0.15) is 12.3 Å². The summed E-state index contributed by atoms with van der Waals surface area (Å²) in [5.74, 6) is 0.228. The first-order valence-corrected chi connectivity index (χ1v) is 17.3. The molecular formula is C34H61N5O6U. The number of likely N-dealkylation sites (N-methyl/N-ethyl adjacent to an activating group) is 2.